The Kier molecular flexibility index (Phi) is 3.85. The van der Waals surface area contributed by atoms with Crippen molar-refractivity contribution >= 4 is 0 Å². The Morgan fingerprint density at radius 3 is 2.76 bits per heavy atom. The van der Waals surface area contributed by atoms with Gasteiger partial charge in [0.2, 0.25) is 0 Å². The van der Waals surface area contributed by atoms with Crippen LogP contribution in [0.4, 0.5) is 0 Å². The molecule has 0 saturated carbocycles. The van der Waals surface area contributed by atoms with E-state index in [-0.39, 0.29) is 0 Å². The molecule has 0 atom stereocenters. The van der Waals surface area contributed by atoms with Crippen LogP contribution in [0.15, 0.2) is 24.3 Å². The molecule has 0 aliphatic carbocycles. The summed E-state index contributed by atoms with van der Waals surface area (Å²) in [4.78, 5) is 2.61. The summed E-state index contributed by atoms with van der Waals surface area (Å²) in [6.07, 6.45) is 1.16. The van der Waals surface area contributed by atoms with Gasteiger partial charge in [0.15, 0.2) is 0 Å². The summed E-state index contributed by atoms with van der Waals surface area (Å²) < 4.78 is 0. The fraction of sp³-hybridized carbons (Fsp3) is 0.600. The van der Waals surface area contributed by atoms with Gasteiger partial charge in [0, 0.05) is 31.7 Å². The standard InChI is InChI=1S/C15H24N2/c1-13-6-4-5-7-14(13)8-10-17-11-9-16-12-15(17,2)3/h4-7,16H,8-12H2,1-3H3. The van der Waals surface area contributed by atoms with Crippen molar-refractivity contribution in [2.45, 2.75) is 32.7 Å². The molecule has 94 valence electrons. The van der Waals surface area contributed by atoms with Crippen LogP contribution in [0.3, 0.4) is 0 Å². The molecule has 2 rings (SSSR count). The highest BCUT2D eigenvalue weighted by Crippen LogP contribution is 2.17. The van der Waals surface area contributed by atoms with Crippen molar-refractivity contribution in [2.24, 2.45) is 0 Å². The van der Waals surface area contributed by atoms with Crippen molar-refractivity contribution in [2.75, 3.05) is 26.2 Å². The van der Waals surface area contributed by atoms with E-state index in [4.69, 9.17) is 0 Å². The zero-order valence-electron chi connectivity index (χ0n) is 11.3. The molecule has 2 heteroatoms. The first-order valence-electron chi connectivity index (χ1n) is 6.60. The summed E-state index contributed by atoms with van der Waals surface area (Å²) in [6.45, 7) is 11.4. The molecule has 2 nitrogen and oxygen atoms in total. The summed E-state index contributed by atoms with van der Waals surface area (Å²) >= 11 is 0. The predicted molar refractivity (Wildman–Crippen MR) is 73.4 cm³/mol. The topological polar surface area (TPSA) is 15.3 Å². The third kappa shape index (κ3) is 3.08. The molecule has 0 bridgehead atoms. The predicted octanol–water partition coefficient (Wildman–Crippen LogP) is 2.22. The van der Waals surface area contributed by atoms with Crippen LogP contribution in [0.1, 0.15) is 25.0 Å². The SMILES string of the molecule is Cc1ccccc1CCN1CCNCC1(C)C. The zero-order valence-corrected chi connectivity index (χ0v) is 11.3. The minimum Gasteiger partial charge on any atom is -0.314 e. The average molecular weight is 232 g/mol. The molecule has 17 heavy (non-hydrogen) atoms. The van der Waals surface area contributed by atoms with Crippen LogP contribution in [0, 0.1) is 6.92 Å². The summed E-state index contributed by atoms with van der Waals surface area (Å²) in [7, 11) is 0. The first kappa shape index (κ1) is 12.6. The van der Waals surface area contributed by atoms with Gasteiger partial charge in [-0.2, -0.15) is 0 Å². The van der Waals surface area contributed by atoms with Gasteiger partial charge in [-0.15, -0.1) is 0 Å². The van der Waals surface area contributed by atoms with Crippen LogP contribution in [0.5, 0.6) is 0 Å². The van der Waals surface area contributed by atoms with Gasteiger partial charge in [0.25, 0.3) is 0 Å². The lowest BCUT2D eigenvalue weighted by Crippen LogP contribution is -2.58. The van der Waals surface area contributed by atoms with Gasteiger partial charge in [-0.3, -0.25) is 4.90 Å². The van der Waals surface area contributed by atoms with Crippen molar-refractivity contribution in [1.29, 1.82) is 0 Å². The molecule has 1 fully saturated rings. The molecule has 1 aromatic carbocycles. The normalized spacial score (nSPS) is 20.4. The highest BCUT2D eigenvalue weighted by atomic mass is 15.2. The van der Waals surface area contributed by atoms with Gasteiger partial charge in [-0.05, 0) is 38.3 Å². The lowest BCUT2D eigenvalue weighted by atomic mass is 9.98. The van der Waals surface area contributed by atoms with E-state index in [1.54, 1.807) is 0 Å². The number of aryl methyl sites for hydroxylation is 1. The second kappa shape index (κ2) is 5.19. The van der Waals surface area contributed by atoms with E-state index < -0.39 is 0 Å². The van der Waals surface area contributed by atoms with E-state index in [0.29, 0.717) is 5.54 Å². The highest BCUT2D eigenvalue weighted by molar-refractivity contribution is 5.25. The fourth-order valence-electron chi connectivity index (χ4n) is 2.58. The third-order valence-electron chi connectivity index (χ3n) is 3.88. The quantitative estimate of drug-likeness (QED) is 0.859. The van der Waals surface area contributed by atoms with Crippen LogP contribution in [0.25, 0.3) is 0 Å². The third-order valence-corrected chi connectivity index (χ3v) is 3.88. The summed E-state index contributed by atoms with van der Waals surface area (Å²) in [5.74, 6) is 0. The number of nitrogens with zero attached hydrogens (tertiary/aromatic N) is 1. The Labute approximate surface area is 105 Å². The van der Waals surface area contributed by atoms with E-state index in [0.717, 1.165) is 19.5 Å². The van der Waals surface area contributed by atoms with E-state index in [1.165, 1.54) is 24.2 Å². The van der Waals surface area contributed by atoms with Crippen LogP contribution in [0.2, 0.25) is 0 Å². The Morgan fingerprint density at radius 1 is 1.29 bits per heavy atom. The van der Waals surface area contributed by atoms with Crippen molar-refractivity contribution < 1.29 is 0 Å². The van der Waals surface area contributed by atoms with Crippen LogP contribution in [-0.4, -0.2) is 36.6 Å². The van der Waals surface area contributed by atoms with Gasteiger partial charge >= 0.3 is 0 Å². The lowest BCUT2D eigenvalue weighted by Gasteiger charge is -2.43. The monoisotopic (exact) mass is 232 g/mol. The van der Waals surface area contributed by atoms with Gasteiger partial charge in [-0.25, -0.2) is 0 Å². The summed E-state index contributed by atoms with van der Waals surface area (Å²) in [5.41, 5.74) is 3.20. The number of rotatable bonds is 3. The lowest BCUT2D eigenvalue weighted by molar-refractivity contribution is 0.0921. The van der Waals surface area contributed by atoms with Gasteiger partial charge in [0.1, 0.15) is 0 Å². The van der Waals surface area contributed by atoms with E-state index in [1.807, 2.05) is 0 Å². The van der Waals surface area contributed by atoms with Crippen LogP contribution < -0.4 is 5.32 Å². The second-order valence-corrected chi connectivity index (χ2v) is 5.65. The van der Waals surface area contributed by atoms with Gasteiger partial charge in [-0.1, -0.05) is 24.3 Å². The molecule has 1 aliphatic rings. The molecule has 1 aliphatic heterocycles. The molecular formula is C15H24N2. The van der Waals surface area contributed by atoms with Crippen molar-refractivity contribution in [1.82, 2.24) is 10.2 Å². The minimum absolute atomic E-state index is 0.293. The van der Waals surface area contributed by atoms with Crippen LogP contribution in [-0.2, 0) is 6.42 Å². The smallest absolute Gasteiger partial charge is 0.0278 e. The number of hydrogen-bond acceptors (Lipinski definition) is 2. The molecule has 1 heterocycles. The molecule has 1 saturated heterocycles. The van der Waals surface area contributed by atoms with Gasteiger partial charge in [0.05, 0.1) is 0 Å². The molecular weight excluding hydrogens is 208 g/mol. The number of benzene rings is 1. The first-order chi connectivity index (χ1) is 8.09. The summed E-state index contributed by atoms with van der Waals surface area (Å²) in [6, 6.07) is 8.72. The maximum atomic E-state index is 3.47. The number of piperazine rings is 1. The van der Waals surface area contributed by atoms with Crippen LogP contribution >= 0.6 is 0 Å². The van der Waals surface area contributed by atoms with E-state index >= 15 is 0 Å². The van der Waals surface area contributed by atoms with Crippen molar-refractivity contribution in [3.8, 4) is 0 Å². The average Bonchev–Trinajstić information content (AvgIpc) is 2.29. The number of nitrogens with one attached hydrogen (secondary N) is 1. The molecule has 0 unspecified atom stereocenters. The Hall–Kier alpha value is -0.860. The van der Waals surface area contributed by atoms with E-state index in [2.05, 4.69) is 55.3 Å². The minimum atomic E-state index is 0.293. The van der Waals surface area contributed by atoms with Crippen molar-refractivity contribution in [3.05, 3.63) is 35.4 Å². The number of hydrogen-bond donors (Lipinski definition) is 1. The van der Waals surface area contributed by atoms with Crippen molar-refractivity contribution in [3.63, 3.8) is 0 Å². The second-order valence-electron chi connectivity index (χ2n) is 5.65. The maximum absolute atomic E-state index is 3.47. The molecule has 0 spiro atoms. The Morgan fingerprint density at radius 2 is 2.06 bits per heavy atom. The molecule has 0 radical (unpaired) electrons. The molecule has 1 aromatic rings. The van der Waals surface area contributed by atoms with Gasteiger partial charge < -0.3 is 5.32 Å². The molecule has 0 aromatic heterocycles. The Balaban J connectivity index is 1.96. The molecule has 0 amide bonds. The van der Waals surface area contributed by atoms with E-state index in [9.17, 15) is 0 Å². The highest BCUT2D eigenvalue weighted by Gasteiger charge is 2.28. The largest absolute Gasteiger partial charge is 0.314 e. The first-order valence-corrected chi connectivity index (χ1v) is 6.60. The molecule has 1 N–H and O–H groups in total. The zero-order chi connectivity index (χ0) is 12.3. The maximum Gasteiger partial charge on any atom is 0.0278 e. The fourth-order valence-corrected chi connectivity index (χ4v) is 2.58. The summed E-state index contributed by atoms with van der Waals surface area (Å²) in [5, 5.41) is 3.47. The Bertz CT molecular complexity index is 371.